The van der Waals surface area contributed by atoms with Crippen molar-refractivity contribution in [3.63, 3.8) is 0 Å². The highest BCUT2D eigenvalue weighted by Gasteiger charge is 2.14. The van der Waals surface area contributed by atoms with Crippen LogP contribution >= 0.6 is 15.9 Å². The number of hydrogen-bond donors (Lipinski definition) is 1. The van der Waals surface area contributed by atoms with Gasteiger partial charge in [0.25, 0.3) is 0 Å². The van der Waals surface area contributed by atoms with E-state index in [1.807, 2.05) is 6.92 Å². The molecular formula is C10H12BrFO. The highest BCUT2D eigenvalue weighted by molar-refractivity contribution is 9.09. The summed E-state index contributed by atoms with van der Waals surface area (Å²) in [7, 11) is 0. The lowest BCUT2D eigenvalue weighted by Crippen LogP contribution is -2.16. The lowest BCUT2D eigenvalue weighted by Gasteiger charge is -2.16. The van der Waals surface area contributed by atoms with Crippen molar-refractivity contribution >= 4 is 15.9 Å². The molecule has 0 heterocycles. The predicted octanol–water partition coefficient (Wildman–Crippen LogP) is 2.69. The fourth-order valence-corrected chi connectivity index (χ4v) is 1.68. The zero-order chi connectivity index (χ0) is 9.84. The standard InChI is InChI=1S/C10H12BrFO/c1-7(10(13)6-11)8-2-4-9(12)5-3-8/h2-5,7,10,13H,6H2,1H3. The Bertz CT molecular complexity index is 260. The number of alkyl halides is 1. The van der Waals surface area contributed by atoms with Crippen LogP contribution < -0.4 is 0 Å². The van der Waals surface area contributed by atoms with Gasteiger partial charge in [0.05, 0.1) is 6.10 Å². The molecule has 0 fully saturated rings. The van der Waals surface area contributed by atoms with Gasteiger partial charge in [-0.1, -0.05) is 35.0 Å². The Morgan fingerprint density at radius 1 is 1.38 bits per heavy atom. The zero-order valence-electron chi connectivity index (χ0n) is 7.37. The molecule has 3 heteroatoms. The van der Waals surface area contributed by atoms with Crippen LogP contribution in [0, 0.1) is 5.82 Å². The summed E-state index contributed by atoms with van der Waals surface area (Å²) in [5.41, 5.74) is 0.952. The number of hydrogen-bond acceptors (Lipinski definition) is 1. The lowest BCUT2D eigenvalue weighted by atomic mass is 9.96. The summed E-state index contributed by atoms with van der Waals surface area (Å²) < 4.78 is 12.6. The molecule has 0 radical (unpaired) electrons. The average molecular weight is 247 g/mol. The molecule has 0 aromatic heterocycles. The molecule has 2 unspecified atom stereocenters. The SMILES string of the molecule is CC(c1ccc(F)cc1)C(O)CBr. The van der Waals surface area contributed by atoms with E-state index in [2.05, 4.69) is 15.9 Å². The average Bonchev–Trinajstić information content (AvgIpc) is 2.17. The molecule has 72 valence electrons. The van der Waals surface area contributed by atoms with Crippen LogP contribution in [0.5, 0.6) is 0 Å². The summed E-state index contributed by atoms with van der Waals surface area (Å²) in [6.45, 7) is 1.92. The molecule has 1 nitrogen and oxygen atoms in total. The van der Waals surface area contributed by atoms with E-state index >= 15 is 0 Å². The maximum Gasteiger partial charge on any atom is 0.123 e. The topological polar surface area (TPSA) is 20.2 Å². The van der Waals surface area contributed by atoms with Gasteiger partial charge < -0.3 is 5.11 Å². The van der Waals surface area contributed by atoms with E-state index in [-0.39, 0.29) is 11.7 Å². The number of benzene rings is 1. The maximum atomic E-state index is 12.6. The normalized spacial score (nSPS) is 15.4. The predicted molar refractivity (Wildman–Crippen MR) is 54.6 cm³/mol. The van der Waals surface area contributed by atoms with Crippen molar-refractivity contribution in [2.45, 2.75) is 18.9 Å². The lowest BCUT2D eigenvalue weighted by molar-refractivity contribution is 0.175. The smallest absolute Gasteiger partial charge is 0.123 e. The van der Waals surface area contributed by atoms with Gasteiger partial charge in [-0.2, -0.15) is 0 Å². The van der Waals surface area contributed by atoms with Crippen molar-refractivity contribution in [3.8, 4) is 0 Å². The Kier molecular flexibility index (Phi) is 3.88. The minimum absolute atomic E-state index is 0.0278. The van der Waals surface area contributed by atoms with E-state index < -0.39 is 6.10 Å². The largest absolute Gasteiger partial charge is 0.392 e. The molecule has 0 bridgehead atoms. The van der Waals surface area contributed by atoms with Crippen molar-refractivity contribution in [3.05, 3.63) is 35.6 Å². The summed E-state index contributed by atoms with van der Waals surface area (Å²) in [6.07, 6.45) is -0.425. The summed E-state index contributed by atoms with van der Waals surface area (Å²) in [6, 6.07) is 6.22. The van der Waals surface area contributed by atoms with Gasteiger partial charge in [0.2, 0.25) is 0 Å². The van der Waals surface area contributed by atoms with Crippen LogP contribution in [0.25, 0.3) is 0 Å². The van der Waals surface area contributed by atoms with Crippen LogP contribution in [0.3, 0.4) is 0 Å². The first kappa shape index (κ1) is 10.7. The monoisotopic (exact) mass is 246 g/mol. The Morgan fingerprint density at radius 3 is 2.38 bits per heavy atom. The van der Waals surface area contributed by atoms with Gasteiger partial charge in [-0.15, -0.1) is 0 Å². The molecule has 0 spiro atoms. The molecule has 1 N–H and O–H groups in total. The number of aliphatic hydroxyl groups excluding tert-OH is 1. The van der Waals surface area contributed by atoms with Crippen LogP contribution in [0.15, 0.2) is 24.3 Å². The van der Waals surface area contributed by atoms with E-state index in [4.69, 9.17) is 0 Å². The molecule has 0 amide bonds. The number of aliphatic hydroxyl groups is 1. The molecule has 0 saturated carbocycles. The van der Waals surface area contributed by atoms with Crippen molar-refractivity contribution in [2.75, 3.05) is 5.33 Å². The Hall–Kier alpha value is -0.410. The van der Waals surface area contributed by atoms with Crippen LogP contribution in [0.4, 0.5) is 4.39 Å². The first-order chi connectivity index (χ1) is 6.15. The van der Waals surface area contributed by atoms with Gasteiger partial charge in [-0.05, 0) is 17.7 Å². The van der Waals surface area contributed by atoms with Gasteiger partial charge in [-0.3, -0.25) is 0 Å². The fraction of sp³-hybridized carbons (Fsp3) is 0.400. The second-order valence-corrected chi connectivity index (χ2v) is 3.71. The molecule has 1 aromatic carbocycles. The van der Waals surface area contributed by atoms with Crippen molar-refractivity contribution in [1.82, 2.24) is 0 Å². The van der Waals surface area contributed by atoms with Crippen LogP contribution in [-0.2, 0) is 0 Å². The minimum atomic E-state index is -0.425. The fourth-order valence-electron chi connectivity index (χ4n) is 1.12. The highest BCUT2D eigenvalue weighted by Crippen LogP contribution is 2.20. The molecule has 0 aliphatic rings. The summed E-state index contributed by atoms with van der Waals surface area (Å²) in [5, 5.41) is 10.0. The van der Waals surface area contributed by atoms with Crippen LogP contribution in [0.2, 0.25) is 0 Å². The van der Waals surface area contributed by atoms with Crippen molar-refractivity contribution in [2.24, 2.45) is 0 Å². The van der Waals surface area contributed by atoms with Gasteiger partial charge >= 0.3 is 0 Å². The van der Waals surface area contributed by atoms with E-state index in [1.54, 1.807) is 12.1 Å². The van der Waals surface area contributed by atoms with Gasteiger partial charge in [0.1, 0.15) is 5.82 Å². The van der Waals surface area contributed by atoms with E-state index in [0.717, 1.165) is 5.56 Å². The summed E-state index contributed by atoms with van der Waals surface area (Å²) >= 11 is 3.20. The van der Waals surface area contributed by atoms with Crippen LogP contribution in [0.1, 0.15) is 18.4 Å². The molecule has 1 aromatic rings. The molecule has 0 saturated heterocycles. The van der Waals surface area contributed by atoms with Gasteiger partial charge in [0, 0.05) is 11.2 Å². The summed E-state index contributed by atoms with van der Waals surface area (Å²) in [4.78, 5) is 0. The van der Waals surface area contributed by atoms with Crippen LogP contribution in [-0.4, -0.2) is 16.5 Å². The van der Waals surface area contributed by atoms with E-state index in [9.17, 15) is 9.50 Å². The third-order valence-electron chi connectivity index (χ3n) is 2.13. The molecule has 1 rings (SSSR count). The quantitative estimate of drug-likeness (QED) is 0.814. The Labute approximate surface area is 85.7 Å². The van der Waals surface area contributed by atoms with Gasteiger partial charge in [0.15, 0.2) is 0 Å². The minimum Gasteiger partial charge on any atom is -0.392 e. The molecule has 13 heavy (non-hydrogen) atoms. The molecular weight excluding hydrogens is 235 g/mol. The molecule has 0 aliphatic heterocycles. The molecule has 0 aliphatic carbocycles. The first-order valence-electron chi connectivity index (χ1n) is 4.14. The number of rotatable bonds is 3. The third kappa shape index (κ3) is 2.78. The number of halogens is 2. The van der Waals surface area contributed by atoms with E-state index in [0.29, 0.717) is 5.33 Å². The van der Waals surface area contributed by atoms with Gasteiger partial charge in [-0.25, -0.2) is 4.39 Å². The first-order valence-corrected chi connectivity index (χ1v) is 5.26. The summed E-state index contributed by atoms with van der Waals surface area (Å²) in [5.74, 6) is -0.218. The Balaban J connectivity index is 2.77. The van der Waals surface area contributed by atoms with E-state index in [1.165, 1.54) is 12.1 Å². The maximum absolute atomic E-state index is 12.6. The molecule has 2 atom stereocenters. The third-order valence-corrected chi connectivity index (χ3v) is 2.79. The second-order valence-electron chi connectivity index (χ2n) is 3.06. The van der Waals surface area contributed by atoms with Crippen molar-refractivity contribution < 1.29 is 9.50 Å². The van der Waals surface area contributed by atoms with Crippen molar-refractivity contribution in [1.29, 1.82) is 0 Å². The second kappa shape index (κ2) is 4.72. The highest BCUT2D eigenvalue weighted by atomic mass is 79.9. The Morgan fingerprint density at radius 2 is 1.92 bits per heavy atom. The zero-order valence-corrected chi connectivity index (χ0v) is 8.96.